The third-order valence-corrected chi connectivity index (χ3v) is 3.16. The lowest BCUT2D eigenvalue weighted by Crippen LogP contribution is -2.27. The first kappa shape index (κ1) is 14.9. The molecule has 2 aromatic rings. The Morgan fingerprint density at radius 1 is 1.19 bits per heavy atom. The summed E-state index contributed by atoms with van der Waals surface area (Å²) in [5.74, 6) is 0.590. The highest BCUT2D eigenvalue weighted by atomic mass is 16.5. The van der Waals surface area contributed by atoms with Crippen molar-refractivity contribution in [2.75, 3.05) is 24.3 Å². The molecule has 4 nitrogen and oxygen atoms in total. The van der Waals surface area contributed by atoms with Crippen LogP contribution in [0, 0.1) is 0 Å². The van der Waals surface area contributed by atoms with Crippen molar-refractivity contribution < 1.29 is 9.53 Å². The highest BCUT2D eigenvalue weighted by Crippen LogP contribution is 2.23. The number of nitrogens with zero attached hydrogens (tertiary/aromatic N) is 1. The molecule has 0 unspecified atom stereocenters. The zero-order valence-corrected chi connectivity index (χ0v) is 12.4. The number of nitrogens with two attached hydrogens (primary N) is 1. The smallest absolute Gasteiger partial charge is 0.258 e. The Labute approximate surface area is 125 Å². The predicted octanol–water partition coefficient (Wildman–Crippen LogP) is 3.33. The number of carbonyl (C=O) groups excluding carboxylic acids is 1. The summed E-state index contributed by atoms with van der Waals surface area (Å²) >= 11 is 0. The molecule has 0 atom stereocenters. The maximum atomic E-state index is 12.5. The molecule has 0 heterocycles. The van der Waals surface area contributed by atoms with Crippen LogP contribution < -0.4 is 15.4 Å². The summed E-state index contributed by atoms with van der Waals surface area (Å²) in [5, 5.41) is 0. The molecule has 0 aromatic heterocycles. The minimum Gasteiger partial charge on any atom is -0.494 e. The van der Waals surface area contributed by atoms with E-state index >= 15 is 0 Å². The van der Waals surface area contributed by atoms with Crippen molar-refractivity contribution >= 4 is 17.3 Å². The third-order valence-electron chi connectivity index (χ3n) is 3.16. The molecule has 21 heavy (non-hydrogen) atoms. The van der Waals surface area contributed by atoms with Crippen LogP contribution in [0.3, 0.4) is 0 Å². The van der Waals surface area contributed by atoms with Crippen molar-refractivity contribution in [1.82, 2.24) is 0 Å². The fourth-order valence-corrected chi connectivity index (χ4v) is 2.03. The SMILES string of the molecule is CCCOc1cccc(C(=O)N(C)c2ccccc2N)c1. The van der Waals surface area contributed by atoms with E-state index in [9.17, 15) is 4.79 Å². The molecule has 0 aliphatic heterocycles. The fourth-order valence-electron chi connectivity index (χ4n) is 2.03. The Hall–Kier alpha value is -2.49. The van der Waals surface area contributed by atoms with Crippen molar-refractivity contribution in [3.05, 3.63) is 54.1 Å². The molecular weight excluding hydrogens is 264 g/mol. The lowest BCUT2D eigenvalue weighted by Gasteiger charge is -2.19. The van der Waals surface area contributed by atoms with Crippen molar-refractivity contribution in [3.8, 4) is 5.75 Å². The third kappa shape index (κ3) is 3.54. The number of anilines is 2. The number of rotatable bonds is 5. The van der Waals surface area contributed by atoms with E-state index in [0.717, 1.165) is 6.42 Å². The molecule has 0 fully saturated rings. The van der Waals surface area contributed by atoms with Crippen LogP contribution in [0.2, 0.25) is 0 Å². The second kappa shape index (κ2) is 6.79. The summed E-state index contributed by atoms with van der Waals surface area (Å²) in [6.45, 7) is 2.68. The average molecular weight is 284 g/mol. The largest absolute Gasteiger partial charge is 0.494 e. The summed E-state index contributed by atoms with van der Waals surface area (Å²) in [5.41, 5.74) is 7.76. The van der Waals surface area contributed by atoms with Gasteiger partial charge in [-0.15, -0.1) is 0 Å². The van der Waals surface area contributed by atoms with Crippen molar-refractivity contribution in [2.45, 2.75) is 13.3 Å². The number of para-hydroxylation sites is 2. The standard InChI is InChI=1S/C17H20N2O2/c1-3-11-21-14-8-6-7-13(12-14)17(20)19(2)16-10-5-4-9-15(16)18/h4-10,12H,3,11,18H2,1-2H3. The molecule has 1 amide bonds. The van der Waals surface area contributed by atoms with Gasteiger partial charge in [-0.3, -0.25) is 4.79 Å². The fraction of sp³-hybridized carbons (Fsp3) is 0.235. The average Bonchev–Trinajstić information content (AvgIpc) is 2.52. The Balaban J connectivity index is 2.21. The number of hydrogen-bond donors (Lipinski definition) is 1. The Morgan fingerprint density at radius 3 is 2.67 bits per heavy atom. The minimum atomic E-state index is -0.116. The van der Waals surface area contributed by atoms with E-state index < -0.39 is 0 Å². The number of carbonyl (C=O) groups is 1. The minimum absolute atomic E-state index is 0.116. The summed E-state index contributed by atoms with van der Waals surface area (Å²) in [6.07, 6.45) is 0.929. The molecule has 0 radical (unpaired) electrons. The van der Waals surface area contributed by atoms with E-state index in [4.69, 9.17) is 10.5 Å². The molecule has 110 valence electrons. The van der Waals surface area contributed by atoms with E-state index in [1.807, 2.05) is 37.3 Å². The molecule has 2 aromatic carbocycles. The molecule has 0 bridgehead atoms. The van der Waals surface area contributed by atoms with Gasteiger partial charge < -0.3 is 15.4 Å². The topological polar surface area (TPSA) is 55.6 Å². The molecule has 2 rings (SSSR count). The molecule has 4 heteroatoms. The van der Waals surface area contributed by atoms with Gasteiger partial charge in [0.25, 0.3) is 5.91 Å². The summed E-state index contributed by atoms with van der Waals surface area (Å²) in [6, 6.07) is 14.5. The first-order valence-electron chi connectivity index (χ1n) is 6.99. The van der Waals surface area contributed by atoms with E-state index in [1.165, 1.54) is 0 Å². The van der Waals surface area contributed by atoms with Crippen LogP contribution in [0.1, 0.15) is 23.7 Å². The second-order valence-electron chi connectivity index (χ2n) is 4.80. The highest BCUT2D eigenvalue weighted by Gasteiger charge is 2.15. The van der Waals surface area contributed by atoms with Gasteiger partial charge in [0.2, 0.25) is 0 Å². The van der Waals surface area contributed by atoms with Gasteiger partial charge in [-0.2, -0.15) is 0 Å². The number of amides is 1. The summed E-state index contributed by atoms with van der Waals surface area (Å²) in [7, 11) is 1.72. The lowest BCUT2D eigenvalue weighted by atomic mass is 10.1. The quantitative estimate of drug-likeness (QED) is 0.857. The van der Waals surface area contributed by atoms with Gasteiger partial charge >= 0.3 is 0 Å². The van der Waals surface area contributed by atoms with Crippen LogP contribution in [0.5, 0.6) is 5.75 Å². The van der Waals surface area contributed by atoms with E-state index in [1.54, 1.807) is 30.1 Å². The predicted molar refractivity (Wildman–Crippen MR) is 85.8 cm³/mol. The Morgan fingerprint density at radius 2 is 1.95 bits per heavy atom. The van der Waals surface area contributed by atoms with Gasteiger partial charge in [0.1, 0.15) is 5.75 Å². The van der Waals surface area contributed by atoms with Crippen LogP contribution in [0.15, 0.2) is 48.5 Å². The first-order valence-corrected chi connectivity index (χ1v) is 6.99. The van der Waals surface area contributed by atoms with Crippen molar-refractivity contribution in [2.24, 2.45) is 0 Å². The van der Waals surface area contributed by atoms with Crippen LogP contribution in [0.4, 0.5) is 11.4 Å². The number of ether oxygens (including phenoxy) is 1. The van der Waals surface area contributed by atoms with Crippen LogP contribution in [0.25, 0.3) is 0 Å². The maximum absolute atomic E-state index is 12.5. The summed E-state index contributed by atoms with van der Waals surface area (Å²) in [4.78, 5) is 14.1. The second-order valence-corrected chi connectivity index (χ2v) is 4.80. The first-order chi connectivity index (χ1) is 10.1. The van der Waals surface area contributed by atoms with Gasteiger partial charge in [-0.05, 0) is 36.8 Å². The Kier molecular flexibility index (Phi) is 4.82. The maximum Gasteiger partial charge on any atom is 0.258 e. The van der Waals surface area contributed by atoms with Gasteiger partial charge in [0.05, 0.1) is 18.0 Å². The zero-order valence-electron chi connectivity index (χ0n) is 12.4. The summed E-state index contributed by atoms with van der Waals surface area (Å²) < 4.78 is 5.56. The lowest BCUT2D eigenvalue weighted by molar-refractivity contribution is 0.0992. The highest BCUT2D eigenvalue weighted by molar-refractivity contribution is 6.07. The Bertz CT molecular complexity index is 626. The van der Waals surface area contributed by atoms with Crippen LogP contribution >= 0.6 is 0 Å². The van der Waals surface area contributed by atoms with Gasteiger partial charge in [-0.1, -0.05) is 25.1 Å². The molecule has 0 saturated carbocycles. The molecule has 0 saturated heterocycles. The van der Waals surface area contributed by atoms with Crippen LogP contribution in [-0.2, 0) is 0 Å². The van der Waals surface area contributed by atoms with Gasteiger partial charge in [-0.25, -0.2) is 0 Å². The molecule has 2 N–H and O–H groups in total. The number of nitrogen functional groups attached to an aromatic ring is 1. The number of benzene rings is 2. The molecule has 0 spiro atoms. The molecular formula is C17H20N2O2. The number of hydrogen-bond acceptors (Lipinski definition) is 3. The van der Waals surface area contributed by atoms with Crippen molar-refractivity contribution in [3.63, 3.8) is 0 Å². The van der Waals surface area contributed by atoms with E-state index in [0.29, 0.717) is 29.3 Å². The molecule has 0 aliphatic carbocycles. The van der Waals surface area contributed by atoms with Gasteiger partial charge in [0.15, 0.2) is 0 Å². The zero-order chi connectivity index (χ0) is 15.2. The van der Waals surface area contributed by atoms with E-state index in [2.05, 4.69) is 0 Å². The normalized spacial score (nSPS) is 10.2. The van der Waals surface area contributed by atoms with E-state index in [-0.39, 0.29) is 5.91 Å². The monoisotopic (exact) mass is 284 g/mol. The van der Waals surface area contributed by atoms with Crippen LogP contribution in [-0.4, -0.2) is 19.6 Å². The van der Waals surface area contributed by atoms with Gasteiger partial charge in [0, 0.05) is 12.6 Å². The molecule has 0 aliphatic rings. The van der Waals surface area contributed by atoms with Crippen molar-refractivity contribution in [1.29, 1.82) is 0 Å².